The Bertz CT molecular complexity index is 234. The van der Waals surface area contributed by atoms with Crippen LogP contribution in [0.15, 0.2) is 4.47 Å². The van der Waals surface area contributed by atoms with E-state index in [1.807, 2.05) is 0 Å². The van der Waals surface area contributed by atoms with E-state index in [0.29, 0.717) is 0 Å². The molecular formula is C6H2BBrF4. The molecule has 0 radical (unpaired) electrons. The summed E-state index contributed by atoms with van der Waals surface area (Å²) >= 11 is 2.38. The van der Waals surface area contributed by atoms with Gasteiger partial charge in [-0.05, 0) is 21.4 Å². The van der Waals surface area contributed by atoms with Crippen molar-refractivity contribution < 1.29 is 17.6 Å². The molecule has 6 heteroatoms. The van der Waals surface area contributed by atoms with E-state index in [4.69, 9.17) is 0 Å². The van der Waals surface area contributed by atoms with E-state index in [-0.39, 0.29) is 0 Å². The van der Waals surface area contributed by atoms with Gasteiger partial charge in [0.2, 0.25) is 0 Å². The van der Waals surface area contributed by atoms with Crippen molar-refractivity contribution in [1.82, 2.24) is 0 Å². The summed E-state index contributed by atoms with van der Waals surface area (Å²) in [5.74, 6) is -5.57. The second kappa shape index (κ2) is 3.09. The van der Waals surface area contributed by atoms with Crippen molar-refractivity contribution in [3.63, 3.8) is 0 Å². The lowest BCUT2D eigenvalue weighted by molar-refractivity contribution is 0.455. The van der Waals surface area contributed by atoms with Gasteiger partial charge in [-0.25, -0.2) is 17.6 Å². The zero-order valence-corrected chi connectivity index (χ0v) is 7.48. The van der Waals surface area contributed by atoms with Crippen LogP contribution in [0.25, 0.3) is 0 Å². The first-order valence-electron chi connectivity index (χ1n) is 2.94. The Morgan fingerprint density at radius 2 is 1.17 bits per heavy atom. The van der Waals surface area contributed by atoms with Crippen LogP contribution in [0.4, 0.5) is 17.6 Å². The van der Waals surface area contributed by atoms with Crippen LogP contribution < -0.4 is 5.46 Å². The Morgan fingerprint density at radius 1 is 0.833 bits per heavy atom. The van der Waals surface area contributed by atoms with Gasteiger partial charge in [-0.2, -0.15) is 0 Å². The first-order chi connectivity index (χ1) is 5.46. The third-order valence-electron chi connectivity index (χ3n) is 1.43. The molecule has 0 saturated heterocycles. The van der Waals surface area contributed by atoms with E-state index < -0.39 is 33.2 Å². The molecule has 0 saturated carbocycles. The number of rotatable bonds is 0. The number of hydrogen-bond donors (Lipinski definition) is 0. The van der Waals surface area contributed by atoms with Crippen LogP contribution in [0.2, 0.25) is 0 Å². The molecule has 0 bridgehead atoms. The topological polar surface area (TPSA) is 0 Å². The van der Waals surface area contributed by atoms with Crippen LogP contribution in [-0.2, 0) is 0 Å². The second-order valence-corrected chi connectivity index (χ2v) is 2.99. The van der Waals surface area contributed by atoms with E-state index in [1.54, 1.807) is 0 Å². The minimum Gasteiger partial charge on any atom is -0.204 e. The quantitative estimate of drug-likeness (QED) is 0.277. The molecule has 0 aliphatic carbocycles. The third-order valence-corrected chi connectivity index (χ3v) is 2.13. The average molecular weight is 241 g/mol. The van der Waals surface area contributed by atoms with Crippen molar-refractivity contribution in [1.29, 1.82) is 0 Å². The van der Waals surface area contributed by atoms with E-state index in [1.165, 1.54) is 0 Å². The van der Waals surface area contributed by atoms with Crippen LogP contribution >= 0.6 is 15.9 Å². The second-order valence-electron chi connectivity index (χ2n) is 2.19. The van der Waals surface area contributed by atoms with Crippen molar-refractivity contribution in [3.8, 4) is 0 Å². The van der Waals surface area contributed by atoms with Gasteiger partial charge in [-0.1, -0.05) is 0 Å². The summed E-state index contributed by atoms with van der Waals surface area (Å²) in [6.45, 7) is 0. The van der Waals surface area contributed by atoms with Gasteiger partial charge in [0.05, 0.1) is 4.47 Å². The molecule has 0 aliphatic rings. The summed E-state index contributed by atoms with van der Waals surface area (Å²) in [6, 6.07) is 0. The molecule has 0 spiro atoms. The summed E-state index contributed by atoms with van der Waals surface area (Å²) in [4.78, 5) is 0. The summed E-state index contributed by atoms with van der Waals surface area (Å²) in [6.07, 6.45) is 0. The maximum atomic E-state index is 12.6. The molecule has 12 heavy (non-hydrogen) atoms. The lowest BCUT2D eigenvalue weighted by Gasteiger charge is -2.03. The van der Waals surface area contributed by atoms with Crippen molar-refractivity contribution in [2.45, 2.75) is 0 Å². The molecule has 0 unspecified atom stereocenters. The van der Waals surface area contributed by atoms with Gasteiger partial charge in [0.15, 0.2) is 23.3 Å². The fourth-order valence-corrected chi connectivity index (χ4v) is 1.06. The molecule has 0 aliphatic heterocycles. The predicted molar refractivity (Wildman–Crippen MR) is 42.2 cm³/mol. The summed E-state index contributed by atoms with van der Waals surface area (Å²) < 4.78 is 49.6. The molecule has 1 aromatic carbocycles. The van der Waals surface area contributed by atoms with E-state index in [9.17, 15) is 17.6 Å². The van der Waals surface area contributed by atoms with Crippen LogP contribution in [0, 0.1) is 23.3 Å². The standard InChI is InChI=1S/C6H2BBrF4/c7-1-3(9)5(11)2(8)6(12)4(1)10/h7H2. The molecule has 0 N–H and O–H groups in total. The summed E-state index contributed by atoms with van der Waals surface area (Å²) in [7, 11) is 0.962. The Labute approximate surface area is 75.1 Å². The van der Waals surface area contributed by atoms with Crippen molar-refractivity contribution in [2.75, 3.05) is 0 Å². The fourth-order valence-electron chi connectivity index (χ4n) is 0.715. The normalized spacial score (nSPS) is 10.4. The van der Waals surface area contributed by atoms with Crippen molar-refractivity contribution in [2.24, 2.45) is 0 Å². The summed E-state index contributed by atoms with van der Waals surface area (Å²) in [5.41, 5.74) is -0.659. The van der Waals surface area contributed by atoms with Crippen LogP contribution in [0.3, 0.4) is 0 Å². The molecular weight excluding hydrogens is 239 g/mol. The van der Waals surface area contributed by atoms with Gasteiger partial charge in [0, 0.05) is 0 Å². The Balaban J connectivity index is 3.60. The highest BCUT2D eigenvalue weighted by Crippen LogP contribution is 2.22. The highest BCUT2D eigenvalue weighted by atomic mass is 79.9. The molecule has 0 aromatic heterocycles. The van der Waals surface area contributed by atoms with Gasteiger partial charge >= 0.3 is 0 Å². The predicted octanol–water partition coefficient (Wildman–Crippen LogP) is 1.26. The monoisotopic (exact) mass is 240 g/mol. The molecule has 0 nitrogen and oxygen atoms in total. The van der Waals surface area contributed by atoms with Gasteiger partial charge < -0.3 is 0 Å². The Hall–Kier alpha value is -0.515. The van der Waals surface area contributed by atoms with Gasteiger partial charge in [-0.3, -0.25) is 0 Å². The van der Waals surface area contributed by atoms with Gasteiger partial charge in [0.1, 0.15) is 7.85 Å². The molecule has 0 amide bonds. The first-order valence-corrected chi connectivity index (χ1v) is 3.74. The van der Waals surface area contributed by atoms with Crippen molar-refractivity contribution >= 4 is 29.2 Å². The maximum Gasteiger partial charge on any atom is 0.175 e. The van der Waals surface area contributed by atoms with E-state index in [0.717, 1.165) is 7.85 Å². The molecule has 1 rings (SSSR count). The van der Waals surface area contributed by atoms with Crippen molar-refractivity contribution in [3.05, 3.63) is 27.7 Å². The minimum atomic E-state index is -1.41. The van der Waals surface area contributed by atoms with E-state index in [2.05, 4.69) is 15.9 Å². The van der Waals surface area contributed by atoms with Crippen LogP contribution in [0.5, 0.6) is 0 Å². The van der Waals surface area contributed by atoms with Crippen LogP contribution in [0.1, 0.15) is 0 Å². The molecule has 0 atom stereocenters. The highest BCUT2D eigenvalue weighted by molar-refractivity contribution is 9.10. The Kier molecular flexibility index (Phi) is 2.46. The lowest BCUT2D eigenvalue weighted by atomic mass is 9.94. The smallest absolute Gasteiger partial charge is 0.175 e. The molecule has 0 heterocycles. The zero-order chi connectivity index (χ0) is 9.46. The fraction of sp³-hybridized carbons (Fsp3) is 0. The Morgan fingerprint density at radius 3 is 1.50 bits per heavy atom. The molecule has 64 valence electrons. The van der Waals surface area contributed by atoms with Gasteiger partial charge in [-0.15, -0.1) is 0 Å². The highest BCUT2D eigenvalue weighted by Gasteiger charge is 2.20. The summed E-state index contributed by atoms with van der Waals surface area (Å²) in [5, 5.41) is 0. The zero-order valence-electron chi connectivity index (χ0n) is 5.89. The number of benzene rings is 1. The SMILES string of the molecule is Bc1c(F)c(F)c(Br)c(F)c1F. The third kappa shape index (κ3) is 1.24. The lowest BCUT2D eigenvalue weighted by Crippen LogP contribution is -2.19. The van der Waals surface area contributed by atoms with Crippen LogP contribution in [-0.4, -0.2) is 7.85 Å². The number of halogens is 5. The maximum absolute atomic E-state index is 12.6. The van der Waals surface area contributed by atoms with E-state index >= 15 is 0 Å². The number of hydrogen-bond acceptors (Lipinski definition) is 0. The average Bonchev–Trinajstić information content (AvgIpc) is 2.08. The molecule has 1 aromatic rings. The minimum absolute atomic E-state index is 0.659. The largest absolute Gasteiger partial charge is 0.204 e. The first kappa shape index (κ1) is 9.57. The van der Waals surface area contributed by atoms with Gasteiger partial charge in [0.25, 0.3) is 0 Å². The molecule has 0 fully saturated rings.